The predicted molar refractivity (Wildman–Crippen MR) is 54.5 cm³/mol. The monoisotopic (exact) mass is 178 g/mol. The van der Waals surface area contributed by atoms with Crippen molar-refractivity contribution in [3.05, 3.63) is 37.2 Å². The molecule has 2 rings (SSSR count). The Morgan fingerprint density at radius 1 is 1.46 bits per heavy atom. The van der Waals surface area contributed by atoms with Crippen molar-refractivity contribution in [1.82, 2.24) is 4.90 Å². The van der Waals surface area contributed by atoms with Crippen molar-refractivity contribution >= 4 is 6.40 Å². The average Bonchev–Trinajstić information content (AvgIpc) is 2.77. The summed E-state index contributed by atoms with van der Waals surface area (Å²) < 4.78 is 4.65. The van der Waals surface area contributed by atoms with Gasteiger partial charge in [-0.15, -0.1) is 0 Å². The molecule has 0 radical (unpaired) electrons. The topological polar surface area (TPSA) is 24.8 Å². The molecule has 3 heteroatoms. The molecular weight excluding hydrogens is 164 g/mol. The molecule has 2 heterocycles. The van der Waals surface area contributed by atoms with Crippen molar-refractivity contribution in [2.45, 2.75) is 0 Å². The second-order valence-corrected chi connectivity index (χ2v) is 2.53. The SMILES string of the molecule is C1=NCCO1.C=CN1C=CC=CC1. The summed E-state index contributed by atoms with van der Waals surface area (Å²) in [5.41, 5.74) is 0. The van der Waals surface area contributed by atoms with Crippen molar-refractivity contribution in [2.24, 2.45) is 4.99 Å². The van der Waals surface area contributed by atoms with Gasteiger partial charge in [-0.2, -0.15) is 0 Å². The molecule has 3 nitrogen and oxygen atoms in total. The van der Waals surface area contributed by atoms with E-state index >= 15 is 0 Å². The Hall–Kier alpha value is -1.51. The molecule has 0 N–H and O–H groups in total. The van der Waals surface area contributed by atoms with Crippen LogP contribution in [0.1, 0.15) is 0 Å². The van der Waals surface area contributed by atoms with Gasteiger partial charge in [0.05, 0.1) is 6.54 Å². The van der Waals surface area contributed by atoms with Crippen LogP contribution in [0.2, 0.25) is 0 Å². The first-order chi connectivity index (χ1) is 6.43. The van der Waals surface area contributed by atoms with Crippen LogP contribution < -0.4 is 0 Å². The molecule has 0 atom stereocenters. The molecule has 0 aromatic carbocycles. The molecule has 0 aliphatic carbocycles. The van der Waals surface area contributed by atoms with Crippen molar-refractivity contribution in [3.63, 3.8) is 0 Å². The third kappa shape index (κ3) is 4.15. The van der Waals surface area contributed by atoms with Crippen molar-refractivity contribution in [1.29, 1.82) is 0 Å². The van der Waals surface area contributed by atoms with Crippen LogP contribution in [-0.2, 0) is 4.74 Å². The summed E-state index contributed by atoms with van der Waals surface area (Å²) in [4.78, 5) is 5.75. The van der Waals surface area contributed by atoms with E-state index in [2.05, 4.69) is 22.4 Å². The zero-order valence-electron chi connectivity index (χ0n) is 7.60. The average molecular weight is 178 g/mol. The van der Waals surface area contributed by atoms with Crippen LogP contribution in [-0.4, -0.2) is 31.0 Å². The zero-order chi connectivity index (χ0) is 9.36. The van der Waals surface area contributed by atoms with E-state index < -0.39 is 0 Å². The fourth-order valence-electron chi connectivity index (χ4n) is 0.881. The first-order valence-corrected chi connectivity index (χ1v) is 4.25. The number of hydrogen-bond acceptors (Lipinski definition) is 3. The standard InChI is InChI=1S/C7H9N.C3H5NO/c1-2-8-6-4-3-5-7-8;1-2-5-3-4-1/h2-6H,1,7H2;3H,1-2H2. The Morgan fingerprint density at radius 3 is 2.69 bits per heavy atom. The number of rotatable bonds is 1. The van der Waals surface area contributed by atoms with Crippen molar-refractivity contribution in [2.75, 3.05) is 19.7 Å². The van der Waals surface area contributed by atoms with Gasteiger partial charge in [0.25, 0.3) is 0 Å². The van der Waals surface area contributed by atoms with Crippen LogP contribution in [0, 0.1) is 0 Å². The predicted octanol–water partition coefficient (Wildman–Crippen LogP) is 1.56. The molecule has 0 aromatic heterocycles. The maximum atomic E-state index is 4.65. The molecule has 0 spiro atoms. The van der Waals surface area contributed by atoms with Crippen LogP contribution in [0.4, 0.5) is 0 Å². The van der Waals surface area contributed by atoms with Crippen LogP contribution in [0.3, 0.4) is 0 Å². The summed E-state index contributed by atoms with van der Waals surface area (Å²) in [5, 5.41) is 0. The van der Waals surface area contributed by atoms with E-state index in [9.17, 15) is 0 Å². The van der Waals surface area contributed by atoms with E-state index in [0.29, 0.717) is 0 Å². The molecule has 13 heavy (non-hydrogen) atoms. The van der Waals surface area contributed by atoms with E-state index in [4.69, 9.17) is 0 Å². The minimum Gasteiger partial charge on any atom is -0.482 e. The molecule has 0 fully saturated rings. The molecule has 2 aliphatic heterocycles. The molecule has 0 saturated carbocycles. The highest BCUT2D eigenvalue weighted by Gasteiger charge is 1.89. The number of nitrogens with zero attached hydrogens (tertiary/aromatic N) is 2. The molecule has 0 unspecified atom stereocenters. The maximum Gasteiger partial charge on any atom is 0.169 e. The summed E-state index contributed by atoms with van der Waals surface area (Å²) >= 11 is 0. The van der Waals surface area contributed by atoms with Gasteiger partial charge in [-0.3, -0.25) is 4.99 Å². The highest BCUT2D eigenvalue weighted by atomic mass is 16.5. The lowest BCUT2D eigenvalue weighted by atomic mass is 10.4. The van der Waals surface area contributed by atoms with E-state index in [1.54, 1.807) is 6.20 Å². The second-order valence-electron chi connectivity index (χ2n) is 2.53. The van der Waals surface area contributed by atoms with Gasteiger partial charge < -0.3 is 9.64 Å². The van der Waals surface area contributed by atoms with Gasteiger partial charge in [0.1, 0.15) is 6.61 Å². The van der Waals surface area contributed by atoms with Gasteiger partial charge >= 0.3 is 0 Å². The van der Waals surface area contributed by atoms with E-state index in [0.717, 1.165) is 19.7 Å². The first kappa shape index (κ1) is 9.58. The third-order valence-electron chi connectivity index (χ3n) is 1.56. The van der Waals surface area contributed by atoms with E-state index in [-0.39, 0.29) is 0 Å². The zero-order valence-corrected chi connectivity index (χ0v) is 7.60. The van der Waals surface area contributed by atoms with Crippen LogP contribution >= 0.6 is 0 Å². The Bertz CT molecular complexity index is 225. The van der Waals surface area contributed by atoms with Gasteiger partial charge in [-0.1, -0.05) is 18.7 Å². The lowest BCUT2D eigenvalue weighted by molar-refractivity contribution is 0.361. The molecule has 70 valence electrons. The summed E-state index contributed by atoms with van der Waals surface area (Å²) in [6.45, 7) is 6.21. The molecule has 0 saturated heterocycles. The van der Waals surface area contributed by atoms with Gasteiger partial charge in [0, 0.05) is 12.7 Å². The minimum atomic E-state index is 0.778. The molecule has 0 aromatic rings. The van der Waals surface area contributed by atoms with Gasteiger partial charge in [-0.25, -0.2) is 0 Å². The van der Waals surface area contributed by atoms with Gasteiger partial charge in [-0.05, 0) is 12.3 Å². The van der Waals surface area contributed by atoms with Crippen LogP contribution in [0.25, 0.3) is 0 Å². The van der Waals surface area contributed by atoms with Crippen molar-refractivity contribution in [3.8, 4) is 0 Å². The number of allylic oxidation sites excluding steroid dienone is 2. The van der Waals surface area contributed by atoms with Crippen LogP contribution in [0.15, 0.2) is 42.2 Å². The Morgan fingerprint density at radius 2 is 2.38 bits per heavy atom. The lowest BCUT2D eigenvalue weighted by Crippen LogP contribution is -2.09. The lowest BCUT2D eigenvalue weighted by Gasteiger charge is -2.13. The molecule has 0 amide bonds. The highest BCUT2D eigenvalue weighted by Crippen LogP contribution is 1.96. The summed E-state index contributed by atoms with van der Waals surface area (Å²) in [6.07, 6.45) is 11.4. The third-order valence-corrected chi connectivity index (χ3v) is 1.56. The summed E-state index contributed by atoms with van der Waals surface area (Å²) in [6, 6.07) is 0. The fraction of sp³-hybridized carbons (Fsp3) is 0.300. The number of aliphatic imine (C=N–C) groups is 1. The number of ether oxygens (including phenoxy) is 1. The normalized spacial score (nSPS) is 17.7. The van der Waals surface area contributed by atoms with E-state index in [1.807, 2.05) is 23.3 Å². The Balaban J connectivity index is 0.000000145. The number of hydrogen-bond donors (Lipinski definition) is 0. The largest absolute Gasteiger partial charge is 0.482 e. The van der Waals surface area contributed by atoms with Crippen molar-refractivity contribution < 1.29 is 4.74 Å². The Labute approximate surface area is 78.7 Å². The maximum absolute atomic E-state index is 4.65. The highest BCUT2D eigenvalue weighted by molar-refractivity contribution is 5.47. The van der Waals surface area contributed by atoms with Gasteiger partial charge in [0.15, 0.2) is 6.40 Å². The molecular formula is C10H14N2O. The smallest absolute Gasteiger partial charge is 0.169 e. The van der Waals surface area contributed by atoms with Gasteiger partial charge in [0.2, 0.25) is 0 Å². The summed E-state index contributed by atoms with van der Waals surface area (Å²) in [7, 11) is 0. The Kier molecular flexibility index (Phi) is 4.46. The first-order valence-electron chi connectivity index (χ1n) is 4.25. The molecule has 0 bridgehead atoms. The quantitative estimate of drug-likeness (QED) is 0.608. The minimum absolute atomic E-state index is 0.778. The van der Waals surface area contributed by atoms with E-state index in [1.165, 1.54) is 6.40 Å². The molecule has 2 aliphatic rings. The second kappa shape index (κ2) is 6.06. The fourth-order valence-corrected chi connectivity index (χ4v) is 0.881. The summed E-state index contributed by atoms with van der Waals surface area (Å²) in [5.74, 6) is 0. The van der Waals surface area contributed by atoms with Crippen LogP contribution in [0.5, 0.6) is 0 Å².